The molecule has 0 aromatic heterocycles. The molecule has 2 N–H and O–H groups in total. The number of hydrogen-bond acceptors (Lipinski definition) is 2. The van der Waals surface area contributed by atoms with E-state index < -0.39 is 0 Å². The number of carbonyl (C=O) groups excluding carboxylic acids is 1. The minimum atomic E-state index is 0.0888. The van der Waals surface area contributed by atoms with Gasteiger partial charge < -0.3 is 10.6 Å². The molecule has 0 bridgehead atoms. The summed E-state index contributed by atoms with van der Waals surface area (Å²) in [6, 6.07) is 0. The molecule has 2 atom stereocenters. The Morgan fingerprint density at radius 3 is 2.40 bits per heavy atom. The summed E-state index contributed by atoms with van der Waals surface area (Å²) in [5, 5.41) is 0. The Hall–Kier alpha value is -0.640. The Bertz CT molecular complexity index is 231. The van der Waals surface area contributed by atoms with Crippen LogP contribution in [0.3, 0.4) is 0 Å². The van der Waals surface area contributed by atoms with Gasteiger partial charge in [0.1, 0.15) is 0 Å². The quantitative estimate of drug-likeness (QED) is 0.708. The summed E-state index contributed by atoms with van der Waals surface area (Å²) in [4.78, 5) is 13.9. The van der Waals surface area contributed by atoms with Gasteiger partial charge in [-0.1, -0.05) is 39.4 Å². The Balaban J connectivity index is 4.04. The third-order valence-electron chi connectivity index (χ3n) is 2.68. The topological polar surface area (TPSA) is 46.3 Å². The van der Waals surface area contributed by atoms with Crippen LogP contribution in [0, 0.1) is 11.8 Å². The smallest absolute Gasteiger partial charge is 0.222 e. The Morgan fingerprint density at radius 1 is 1.47 bits per heavy atom. The molecule has 0 spiro atoms. The van der Waals surface area contributed by atoms with Crippen LogP contribution in [0.1, 0.15) is 33.6 Å². The SMILES string of the molecule is CCC(C)CC(=O)N(C)CC(C)C(N)=S. The van der Waals surface area contributed by atoms with E-state index in [1.165, 1.54) is 0 Å². The predicted octanol–water partition coefficient (Wildman–Crippen LogP) is 1.80. The molecule has 0 aromatic rings. The van der Waals surface area contributed by atoms with Crippen molar-refractivity contribution in [2.24, 2.45) is 17.6 Å². The minimum absolute atomic E-state index is 0.0888. The van der Waals surface area contributed by atoms with Gasteiger partial charge in [0.05, 0.1) is 4.99 Å². The van der Waals surface area contributed by atoms with Crippen LogP contribution in [-0.4, -0.2) is 29.4 Å². The van der Waals surface area contributed by atoms with Gasteiger partial charge in [0.2, 0.25) is 5.91 Å². The monoisotopic (exact) mass is 230 g/mol. The van der Waals surface area contributed by atoms with Crippen LogP contribution in [0.5, 0.6) is 0 Å². The molecule has 0 aliphatic carbocycles. The molecule has 2 unspecified atom stereocenters. The zero-order valence-electron chi connectivity index (χ0n) is 10.1. The Labute approximate surface area is 98.0 Å². The first-order valence-electron chi connectivity index (χ1n) is 5.41. The average molecular weight is 230 g/mol. The second-order valence-corrected chi connectivity index (χ2v) is 4.77. The van der Waals surface area contributed by atoms with Gasteiger partial charge in [0.15, 0.2) is 0 Å². The molecule has 0 saturated heterocycles. The van der Waals surface area contributed by atoms with E-state index in [1.807, 2.05) is 6.92 Å². The molecule has 1 amide bonds. The van der Waals surface area contributed by atoms with Crippen LogP contribution in [0.4, 0.5) is 0 Å². The minimum Gasteiger partial charge on any atom is -0.393 e. The first-order chi connectivity index (χ1) is 6.88. The van der Waals surface area contributed by atoms with Crippen LogP contribution in [0.2, 0.25) is 0 Å². The highest BCUT2D eigenvalue weighted by molar-refractivity contribution is 7.80. The van der Waals surface area contributed by atoms with E-state index in [9.17, 15) is 4.79 Å². The maximum absolute atomic E-state index is 11.7. The largest absolute Gasteiger partial charge is 0.393 e. The van der Waals surface area contributed by atoms with Crippen molar-refractivity contribution in [2.45, 2.75) is 33.6 Å². The van der Waals surface area contributed by atoms with Crippen molar-refractivity contribution < 1.29 is 4.79 Å². The van der Waals surface area contributed by atoms with Crippen LogP contribution in [-0.2, 0) is 4.79 Å². The third kappa shape index (κ3) is 5.72. The van der Waals surface area contributed by atoms with Gasteiger partial charge in [-0.25, -0.2) is 0 Å². The second-order valence-electron chi connectivity index (χ2n) is 4.30. The molecule has 0 aromatic carbocycles. The first-order valence-corrected chi connectivity index (χ1v) is 5.82. The number of hydrogen-bond donors (Lipinski definition) is 1. The van der Waals surface area contributed by atoms with Gasteiger partial charge >= 0.3 is 0 Å². The number of carbonyl (C=O) groups is 1. The number of nitrogens with two attached hydrogens (primary N) is 1. The van der Waals surface area contributed by atoms with E-state index in [-0.39, 0.29) is 11.8 Å². The van der Waals surface area contributed by atoms with Crippen LogP contribution < -0.4 is 5.73 Å². The summed E-state index contributed by atoms with van der Waals surface area (Å²) >= 11 is 4.87. The molecule has 0 radical (unpaired) electrons. The molecule has 4 heteroatoms. The highest BCUT2D eigenvalue weighted by atomic mass is 32.1. The summed E-state index contributed by atoms with van der Waals surface area (Å²) in [5.74, 6) is 0.707. The van der Waals surface area contributed by atoms with Crippen molar-refractivity contribution in [3.8, 4) is 0 Å². The summed E-state index contributed by atoms with van der Waals surface area (Å²) in [5.41, 5.74) is 5.51. The molecule has 0 aliphatic rings. The zero-order chi connectivity index (χ0) is 12.0. The first kappa shape index (κ1) is 14.4. The van der Waals surface area contributed by atoms with Gasteiger partial charge in [0, 0.05) is 25.9 Å². The van der Waals surface area contributed by atoms with Gasteiger partial charge in [-0.2, -0.15) is 0 Å². The van der Waals surface area contributed by atoms with E-state index >= 15 is 0 Å². The lowest BCUT2D eigenvalue weighted by Crippen LogP contribution is -2.36. The van der Waals surface area contributed by atoms with Gasteiger partial charge in [0.25, 0.3) is 0 Å². The van der Waals surface area contributed by atoms with Crippen LogP contribution in [0.25, 0.3) is 0 Å². The molecule has 3 nitrogen and oxygen atoms in total. The molecule has 15 heavy (non-hydrogen) atoms. The predicted molar refractivity (Wildman–Crippen MR) is 67.7 cm³/mol. The highest BCUT2D eigenvalue weighted by Crippen LogP contribution is 2.09. The number of amides is 1. The number of nitrogens with zero attached hydrogens (tertiary/aromatic N) is 1. The van der Waals surface area contributed by atoms with Crippen LogP contribution >= 0.6 is 12.2 Å². The average Bonchev–Trinajstić information content (AvgIpc) is 2.16. The van der Waals surface area contributed by atoms with E-state index in [4.69, 9.17) is 18.0 Å². The summed E-state index contributed by atoms with van der Waals surface area (Å²) in [6.45, 7) is 6.73. The maximum atomic E-state index is 11.7. The van der Waals surface area contributed by atoms with E-state index in [0.29, 0.717) is 23.9 Å². The van der Waals surface area contributed by atoms with Crippen molar-refractivity contribution in [1.29, 1.82) is 0 Å². The molecule has 0 rings (SSSR count). The van der Waals surface area contributed by atoms with E-state index in [0.717, 1.165) is 6.42 Å². The Morgan fingerprint density at radius 2 is 2.00 bits per heavy atom. The van der Waals surface area contributed by atoms with Crippen molar-refractivity contribution in [3.05, 3.63) is 0 Å². The fraction of sp³-hybridized carbons (Fsp3) is 0.818. The van der Waals surface area contributed by atoms with Gasteiger partial charge in [-0.3, -0.25) is 4.79 Å². The maximum Gasteiger partial charge on any atom is 0.222 e. The summed E-state index contributed by atoms with van der Waals surface area (Å²) in [6.07, 6.45) is 1.64. The molecule has 0 heterocycles. The molecule has 88 valence electrons. The lowest BCUT2D eigenvalue weighted by atomic mass is 10.0. The van der Waals surface area contributed by atoms with Crippen molar-refractivity contribution in [1.82, 2.24) is 4.90 Å². The van der Waals surface area contributed by atoms with Crippen LogP contribution in [0.15, 0.2) is 0 Å². The van der Waals surface area contributed by atoms with Crippen molar-refractivity contribution in [3.63, 3.8) is 0 Å². The van der Waals surface area contributed by atoms with Crippen molar-refractivity contribution in [2.75, 3.05) is 13.6 Å². The van der Waals surface area contributed by atoms with E-state index in [2.05, 4.69) is 13.8 Å². The Kier molecular flexibility index (Phi) is 6.48. The fourth-order valence-electron chi connectivity index (χ4n) is 1.20. The van der Waals surface area contributed by atoms with Crippen molar-refractivity contribution >= 4 is 23.1 Å². The number of rotatable bonds is 6. The van der Waals surface area contributed by atoms with Gasteiger partial charge in [-0.05, 0) is 5.92 Å². The summed E-state index contributed by atoms with van der Waals surface area (Å²) < 4.78 is 0. The highest BCUT2D eigenvalue weighted by Gasteiger charge is 2.15. The molecular weight excluding hydrogens is 208 g/mol. The molecule has 0 fully saturated rings. The fourth-order valence-corrected chi connectivity index (χ4v) is 1.28. The third-order valence-corrected chi connectivity index (χ3v) is 3.08. The molecule has 0 aliphatic heterocycles. The number of thiocarbonyl (C=S) groups is 1. The lowest BCUT2D eigenvalue weighted by molar-refractivity contribution is -0.131. The molecular formula is C11H22N2OS. The standard InChI is InChI=1S/C11H22N2OS/c1-5-8(2)6-10(14)13(4)7-9(3)11(12)15/h8-9H,5-7H2,1-4H3,(H2,12,15). The van der Waals surface area contributed by atoms with Gasteiger partial charge in [-0.15, -0.1) is 0 Å². The lowest BCUT2D eigenvalue weighted by Gasteiger charge is -2.22. The second kappa shape index (κ2) is 6.77. The summed E-state index contributed by atoms with van der Waals surface area (Å²) in [7, 11) is 1.81. The van der Waals surface area contributed by atoms with E-state index in [1.54, 1.807) is 11.9 Å². The normalized spacial score (nSPS) is 14.4. The molecule has 0 saturated carbocycles. The zero-order valence-corrected chi connectivity index (χ0v) is 10.9.